The maximum Gasteiger partial charge on any atom is 0.336 e. The first-order chi connectivity index (χ1) is 15.8. The number of carbonyl (C=O) groups is 2. The SMILES string of the molecule is Cc1cccc2c1CN(CC1CCN(C(=O)c3ccc(Cl)cc3)CC1)N2C(=O)NCC(C)C. The molecule has 0 saturated carbocycles. The second-order valence-corrected chi connectivity index (χ2v) is 9.99. The molecule has 1 fully saturated rings. The molecule has 0 bridgehead atoms. The Labute approximate surface area is 201 Å². The van der Waals surface area contributed by atoms with Crippen LogP contribution in [0.3, 0.4) is 0 Å². The number of likely N-dealkylation sites (tertiary alicyclic amines) is 1. The number of benzene rings is 2. The molecular weight excluding hydrogens is 436 g/mol. The molecular formula is C26H33ClN4O2. The van der Waals surface area contributed by atoms with E-state index in [9.17, 15) is 9.59 Å². The van der Waals surface area contributed by atoms with Gasteiger partial charge >= 0.3 is 6.03 Å². The molecule has 2 aromatic rings. The van der Waals surface area contributed by atoms with Gasteiger partial charge < -0.3 is 10.2 Å². The highest BCUT2D eigenvalue weighted by Crippen LogP contribution is 2.35. The summed E-state index contributed by atoms with van der Waals surface area (Å²) in [5, 5.41) is 7.72. The molecule has 0 aliphatic carbocycles. The molecule has 176 valence electrons. The van der Waals surface area contributed by atoms with Crippen molar-refractivity contribution >= 4 is 29.2 Å². The van der Waals surface area contributed by atoms with Crippen LogP contribution in [0.2, 0.25) is 5.02 Å². The summed E-state index contributed by atoms with van der Waals surface area (Å²) in [6.45, 7) is 9.94. The van der Waals surface area contributed by atoms with Crippen molar-refractivity contribution in [1.82, 2.24) is 15.2 Å². The van der Waals surface area contributed by atoms with Crippen LogP contribution in [0.25, 0.3) is 0 Å². The highest BCUT2D eigenvalue weighted by Gasteiger charge is 2.35. The number of halogens is 1. The van der Waals surface area contributed by atoms with Crippen LogP contribution < -0.4 is 10.3 Å². The third-order valence-corrected chi connectivity index (χ3v) is 6.80. The number of fused-ring (bicyclic) bond motifs is 1. The number of hydrazine groups is 1. The number of rotatable bonds is 5. The molecule has 4 rings (SSSR count). The number of nitrogens with one attached hydrogen (secondary N) is 1. The molecule has 2 heterocycles. The number of piperidine rings is 1. The Balaban J connectivity index is 1.40. The standard InChI is InChI=1S/C26H33ClN4O2/c1-18(2)15-28-26(33)31-24-6-4-5-19(3)23(24)17-30(31)16-20-11-13-29(14-12-20)25(32)21-7-9-22(27)10-8-21/h4-10,18,20H,11-17H2,1-3H3,(H,28,33). The van der Waals surface area contributed by atoms with Gasteiger partial charge in [0.1, 0.15) is 0 Å². The molecule has 0 unspecified atom stereocenters. The van der Waals surface area contributed by atoms with Gasteiger partial charge in [0.05, 0.1) is 5.69 Å². The van der Waals surface area contributed by atoms with Crippen LogP contribution in [0.15, 0.2) is 42.5 Å². The van der Waals surface area contributed by atoms with Crippen molar-refractivity contribution in [2.24, 2.45) is 11.8 Å². The molecule has 0 spiro atoms. The Morgan fingerprint density at radius 2 is 1.79 bits per heavy atom. The minimum Gasteiger partial charge on any atom is -0.339 e. The fourth-order valence-electron chi connectivity index (χ4n) is 4.64. The second-order valence-electron chi connectivity index (χ2n) is 9.55. The fourth-order valence-corrected chi connectivity index (χ4v) is 4.76. The number of aryl methyl sites for hydroxylation is 1. The zero-order chi connectivity index (χ0) is 23.5. The zero-order valence-corrected chi connectivity index (χ0v) is 20.4. The monoisotopic (exact) mass is 468 g/mol. The van der Waals surface area contributed by atoms with Gasteiger partial charge in [0.15, 0.2) is 0 Å². The Bertz CT molecular complexity index is 1000. The average Bonchev–Trinajstić information content (AvgIpc) is 3.17. The van der Waals surface area contributed by atoms with E-state index in [0.29, 0.717) is 29.0 Å². The molecule has 6 nitrogen and oxygen atoms in total. The maximum atomic E-state index is 13.1. The molecule has 33 heavy (non-hydrogen) atoms. The highest BCUT2D eigenvalue weighted by atomic mass is 35.5. The average molecular weight is 469 g/mol. The van der Waals surface area contributed by atoms with Crippen LogP contribution in [-0.2, 0) is 6.54 Å². The number of anilines is 1. The molecule has 2 aliphatic rings. The minimum absolute atomic E-state index is 0.0593. The van der Waals surface area contributed by atoms with Gasteiger partial charge in [0.25, 0.3) is 5.91 Å². The number of nitrogens with zero attached hydrogens (tertiary/aromatic N) is 3. The lowest BCUT2D eigenvalue weighted by molar-refractivity contribution is 0.0666. The van der Waals surface area contributed by atoms with E-state index in [1.807, 2.05) is 22.0 Å². The predicted molar refractivity (Wildman–Crippen MR) is 132 cm³/mol. The van der Waals surface area contributed by atoms with Crippen molar-refractivity contribution in [1.29, 1.82) is 0 Å². The van der Waals surface area contributed by atoms with E-state index < -0.39 is 0 Å². The fraction of sp³-hybridized carbons (Fsp3) is 0.462. The third-order valence-electron chi connectivity index (χ3n) is 6.55. The van der Waals surface area contributed by atoms with E-state index in [-0.39, 0.29) is 11.9 Å². The van der Waals surface area contributed by atoms with Gasteiger partial charge in [0, 0.05) is 43.3 Å². The van der Waals surface area contributed by atoms with E-state index >= 15 is 0 Å². The van der Waals surface area contributed by atoms with Crippen LogP contribution in [0.1, 0.15) is 48.2 Å². The second kappa shape index (κ2) is 10.1. The number of hydrogen-bond acceptors (Lipinski definition) is 3. The number of hydrogen-bond donors (Lipinski definition) is 1. The molecule has 1 N–H and O–H groups in total. The zero-order valence-electron chi connectivity index (χ0n) is 19.7. The van der Waals surface area contributed by atoms with Crippen molar-refractivity contribution < 1.29 is 9.59 Å². The largest absolute Gasteiger partial charge is 0.339 e. The lowest BCUT2D eigenvalue weighted by Crippen LogP contribution is -2.51. The molecule has 3 amide bonds. The molecule has 1 saturated heterocycles. The summed E-state index contributed by atoms with van der Waals surface area (Å²) in [5.41, 5.74) is 4.08. The first-order valence-corrected chi connectivity index (χ1v) is 12.2. The quantitative estimate of drug-likeness (QED) is 0.663. The van der Waals surface area contributed by atoms with Gasteiger partial charge in [0.2, 0.25) is 0 Å². The van der Waals surface area contributed by atoms with Gasteiger partial charge in [-0.15, -0.1) is 0 Å². The third kappa shape index (κ3) is 5.33. The minimum atomic E-state index is -0.0663. The van der Waals surface area contributed by atoms with Crippen LogP contribution in [0.4, 0.5) is 10.5 Å². The summed E-state index contributed by atoms with van der Waals surface area (Å²) < 4.78 is 0. The maximum absolute atomic E-state index is 13.1. The van der Waals surface area contributed by atoms with Crippen molar-refractivity contribution in [3.05, 3.63) is 64.2 Å². The normalized spacial score (nSPS) is 16.9. The number of carbonyl (C=O) groups excluding carboxylic acids is 2. The number of amides is 3. The van der Waals surface area contributed by atoms with E-state index in [0.717, 1.165) is 44.7 Å². The molecule has 2 aliphatic heterocycles. The van der Waals surface area contributed by atoms with Crippen molar-refractivity contribution in [2.75, 3.05) is 31.2 Å². The van der Waals surface area contributed by atoms with Crippen LogP contribution in [-0.4, -0.2) is 48.0 Å². The Morgan fingerprint density at radius 1 is 1.09 bits per heavy atom. The first-order valence-electron chi connectivity index (χ1n) is 11.8. The van der Waals surface area contributed by atoms with E-state index in [2.05, 4.69) is 37.2 Å². The van der Waals surface area contributed by atoms with E-state index in [1.54, 1.807) is 24.3 Å². The highest BCUT2D eigenvalue weighted by molar-refractivity contribution is 6.30. The van der Waals surface area contributed by atoms with E-state index in [1.165, 1.54) is 11.1 Å². The predicted octanol–water partition coefficient (Wildman–Crippen LogP) is 5.10. The summed E-state index contributed by atoms with van der Waals surface area (Å²) >= 11 is 5.95. The molecule has 7 heteroatoms. The molecule has 0 atom stereocenters. The Kier molecular flexibility index (Phi) is 7.25. The van der Waals surface area contributed by atoms with Gasteiger partial charge in [-0.1, -0.05) is 37.6 Å². The summed E-state index contributed by atoms with van der Waals surface area (Å²) in [4.78, 5) is 27.9. The summed E-state index contributed by atoms with van der Waals surface area (Å²) in [5.74, 6) is 0.878. The lowest BCUT2D eigenvalue weighted by atomic mass is 9.96. The topological polar surface area (TPSA) is 55.9 Å². The van der Waals surface area contributed by atoms with Gasteiger partial charge in [-0.2, -0.15) is 0 Å². The van der Waals surface area contributed by atoms with Gasteiger partial charge in [-0.05, 0) is 73.1 Å². The van der Waals surface area contributed by atoms with Crippen molar-refractivity contribution in [2.45, 2.75) is 40.2 Å². The van der Waals surface area contributed by atoms with Crippen molar-refractivity contribution in [3.63, 3.8) is 0 Å². The molecule has 0 radical (unpaired) electrons. The summed E-state index contributed by atoms with van der Waals surface area (Å²) in [6, 6.07) is 13.2. The molecule has 0 aromatic heterocycles. The van der Waals surface area contributed by atoms with Gasteiger partial charge in [-0.25, -0.2) is 14.8 Å². The number of urea groups is 1. The summed E-state index contributed by atoms with van der Waals surface area (Å²) in [6.07, 6.45) is 1.85. The van der Waals surface area contributed by atoms with Gasteiger partial charge in [-0.3, -0.25) is 4.79 Å². The lowest BCUT2D eigenvalue weighted by Gasteiger charge is -2.36. The van der Waals surface area contributed by atoms with Crippen LogP contribution in [0.5, 0.6) is 0 Å². The van der Waals surface area contributed by atoms with Crippen LogP contribution in [0, 0.1) is 18.8 Å². The Hall–Kier alpha value is -2.57. The smallest absolute Gasteiger partial charge is 0.336 e. The van der Waals surface area contributed by atoms with E-state index in [4.69, 9.17) is 11.6 Å². The first kappa shape index (κ1) is 23.6. The summed E-state index contributed by atoms with van der Waals surface area (Å²) in [7, 11) is 0. The van der Waals surface area contributed by atoms with Crippen LogP contribution >= 0.6 is 11.6 Å². The molecule has 2 aromatic carbocycles. The van der Waals surface area contributed by atoms with Crippen molar-refractivity contribution in [3.8, 4) is 0 Å². The Morgan fingerprint density at radius 3 is 2.45 bits per heavy atom.